The molecule has 0 radical (unpaired) electrons. The van der Waals surface area contributed by atoms with Crippen molar-refractivity contribution in [3.05, 3.63) is 44.2 Å². The number of ether oxygens (including phenoxy) is 1. The summed E-state index contributed by atoms with van der Waals surface area (Å²) in [5.74, 6) is 0. The van der Waals surface area contributed by atoms with Crippen molar-refractivity contribution in [3.8, 4) is 0 Å². The van der Waals surface area contributed by atoms with E-state index in [1.807, 2.05) is 19.9 Å². The number of nitrogens with one attached hydrogen (secondary N) is 2. The van der Waals surface area contributed by atoms with Gasteiger partial charge in [0.15, 0.2) is 12.4 Å². The Morgan fingerprint density at radius 2 is 2.21 bits per heavy atom. The fourth-order valence-corrected chi connectivity index (χ4v) is 2.40. The third-order valence-corrected chi connectivity index (χ3v) is 3.76. The minimum absolute atomic E-state index is 0.176. The van der Waals surface area contributed by atoms with Crippen molar-refractivity contribution in [1.82, 2.24) is 14.9 Å². The van der Waals surface area contributed by atoms with Gasteiger partial charge in [0, 0.05) is 24.8 Å². The van der Waals surface area contributed by atoms with Crippen LogP contribution in [0.15, 0.2) is 27.4 Å². The second-order valence-electron chi connectivity index (χ2n) is 5.92. The molecule has 0 amide bonds. The summed E-state index contributed by atoms with van der Waals surface area (Å²) in [5, 5.41) is 21.7. The Kier molecular flexibility index (Phi) is 6.05. The molecule has 2 heterocycles. The van der Waals surface area contributed by atoms with E-state index < -0.39 is 42.5 Å². The van der Waals surface area contributed by atoms with E-state index in [2.05, 4.69) is 10.3 Å². The van der Waals surface area contributed by atoms with Crippen molar-refractivity contribution in [3.63, 3.8) is 0 Å². The number of aliphatic hydroxyl groups is 2. The van der Waals surface area contributed by atoms with Crippen LogP contribution in [0.5, 0.6) is 0 Å². The average Bonchev–Trinajstić information content (AvgIpc) is 2.81. The number of allylic oxidation sites excluding steroid dienone is 1. The summed E-state index contributed by atoms with van der Waals surface area (Å²) < 4.78 is 20.2. The van der Waals surface area contributed by atoms with Crippen molar-refractivity contribution in [2.45, 2.75) is 45.0 Å². The van der Waals surface area contributed by atoms with Crippen LogP contribution < -0.4 is 16.6 Å². The van der Waals surface area contributed by atoms with Gasteiger partial charge in [-0.05, 0) is 13.8 Å². The van der Waals surface area contributed by atoms with Crippen LogP contribution in [0, 0.1) is 0 Å². The van der Waals surface area contributed by atoms with Crippen molar-refractivity contribution in [2.24, 2.45) is 0 Å². The molecule has 0 aliphatic carbocycles. The predicted octanol–water partition coefficient (Wildman–Crippen LogP) is -0.819. The van der Waals surface area contributed by atoms with E-state index >= 15 is 0 Å². The fraction of sp³-hybridized carbons (Fsp3) is 0.600. The maximum atomic E-state index is 14.2. The molecule has 1 aliphatic heterocycles. The lowest BCUT2D eigenvalue weighted by molar-refractivity contribution is -0.0492. The van der Waals surface area contributed by atoms with E-state index in [1.54, 1.807) is 0 Å². The highest BCUT2D eigenvalue weighted by atomic mass is 19.1. The SMILES string of the molecule is CC(C)=CCNCc1cn([C@@H]2O[C@H](CO)C(O)[C@@H]2F)c(=O)[nH]c1=O. The Morgan fingerprint density at radius 1 is 1.50 bits per heavy atom. The second kappa shape index (κ2) is 7.84. The minimum Gasteiger partial charge on any atom is -0.394 e. The molecule has 4 atom stereocenters. The Labute approximate surface area is 137 Å². The molecule has 1 unspecified atom stereocenters. The van der Waals surface area contributed by atoms with Crippen molar-refractivity contribution < 1.29 is 19.3 Å². The molecule has 24 heavy (non-hydrogen) atoms. The number of aromatic amines is 1. The first-order valence-electron chi connectivity index (χ1n) is 7.62. The maximum Gasteiger partial charge on any atom is 0.330 e. The Morgan fingerprint density at radius 3 is 2.79 bits per heavy atom. The molecular weight excluding hydrogens is 321 g/mol. The molecule has 1 aromatic heterocycles. The van der Waals surface area contributed by atoms with Crippen LogP contribution in [0.3, 0.4) is 0 Å². The Hall–Kier alpha value is -1.81. The molecule has 4 N–H and O–H groups in total. The van der Waals surface area contributed by atoms with E-state index in [0.717, 1.165) is 10.1 Å². The molecule has 1 saturated heterocycles. The van der Waals surface area contributed by atoms with Crippen molar-refractivity contribution in [1.29, 1.82) is 0 Å². The standard InChI is InChI=1S/C15H22FN3O5/c1-8(2)3-4-17-5-9-6-19(15(23)18-13(9)22)14-11(16)12(21)10(7-20)24-14/h3,6,10-12,14,17,20-21H,4-5,7H2,1-2H3,(H,18,22,23)/t10-,11+,12?,14-/m1/s1. The quantitative estimate of drug-likeness (QED) is 0.396. The van der Waals surface area contributed by atoms with Gasteiger partial charge in [-0.3, -0.25) is 14.3 Å². The van der Waals surface area contributed by atoms with Gasteiger partial charge in [-0.25, -0.2) is 9.18 Å². The summed E-state index contributed by atoms with van der Waals surface area (Å²) in [6, 6.07) is 0. The monoisotopic (exact) mass is 343 g/mol. The van der Waals surface area contributed by atoms with Crippen molar-refractivity contribution >= 4 is 0 Å². The summed E-state index contributed by atoms with van der Waals surface area (Å²) in [6.45, 7) is 4.02. The zero-order chi connectivity index (χ0) is 17.9. The molecule has 2 rings (SSSR count). The van der Waals surface area contributed by atoms with Gasteiger partial charge in [0.1, 0.15) is 12.2 Å². The molecule has 8 nitrogen and oxygen atoms in total. The molecule has 1 aromatic rings. The minimum atomic E-state index is -1.89. The number of aromatic nitrogens is 2. The van der Waals surface area contributed by atoms with E-state index in [1.165, 1.54) is 6.20 Å². The van der Waals surface area contributed by atoms with Gasteiger partial charge in [-0.1, -0.05) is 11.6 Å². The molecule has 0 saturated carbocycles. The topological polar surface area (TPSA) is 117 Å². The summed E-state index contributed by atoms with van der Waals surface area (Å²) >= 11 is 0. The lowest BCUT2D eigenvalue weighted by Gasteiger charge is -2.16. The van der Waals surface area contributed by atoms with Crippen LogP contribution in [-0.4, -0.2) is 51.3 Å². The van der Waals surface area contributed by atoms with Crippen molar-refractivity contribution in [2.75, 3.05) is 13.2 Å². The number of hydrogen-bond acceptors (Lipinski definition) is 6. The van der Waals surface area contributed by atoms with Crippen LogP contribution in [0.25, 0.3) is 0 Å². The third-order valence-electron chi connectivity index (χ3n) is 3.76. The van der Waals surface area contributed by atoms with Crippen LogP contribution in [0.2, 0.25) is 0 Å². The maximum absolute atomic E-state index is 14.2. The van der Waals surface area contributed by atoms with E-state index in [-0.39, 0.29) is 12.1 Å². The molecule has 0 aromatic carbocycles. The van der Waals surface area contributed by atoms with Gasteiger partial charge >= 0.3 is 5.69 Å². The highest BCUT2D eigenvalue weighted by Gasteiger charge is 2.45. The fourth-order valence-electron chi connectivity index (χ4n) is 2.40. The first-order chi connectivity index (χ1) is 11.3. The lowest BCUT2D eigenvalue weighted by Crippen LogP contribution is -2.38. The summed E-state index contributed by atoms with van der Waals surface area (Å²) in [5.41, 5.74) is -0.0698. The van der Waals surface area contributed by atoms with Crippen LogP contribution in [-0.2, 0) is 11.3 Å². The molecule has 134 valence electrons. The van der Waals surface area contributed by atoms with Crippen LogP contribution in [0.1, 0.15) is 25.6 Å². The molecule has 0 bridgehead atoms. The Balaban J connectivity index is 2.22. The summed E-state index contributed by atoms with van der Waals surface area (Å²) in [7, 11) is 0. The lowest BCUT2D eigenvalue weighted by atomic mass is 10.1. The van der Waals surface area contributed by atoms with E-state index in [4.69, 9.17) is 9.84 Å². The molecule has 0 spiro atoms. The van der Waals surface area contributed by atoms with Gasteiger partial charge in [0.25, 0.3) is 5.56 Å². The van der Waals surface area contributed by atoms with E-state index in [0.29, 0.717) is 6.54 Å². The van der Waals surface area contributed by atoms with Crippen LogP contribution in [0.4, 0.5) is 4.39 Å². The van der Waals surface area contributed by atoms with Gasteiger partial charge in [-0.2, -0.15) is 0 Å². The number of rotatable bonds is 6. The molecular formula is C15H22FN3O5. The molecule has 9 heteroatoms. The largest absolute Gasteiger partial charge is 0.394 e. The predicted molar refractivity (Wildman–Crippen MR) is 84.4 cm³/mol. The number of H-pyrrole nitrogens is 1. The number of alkyl halides is 1. The van der Waals surface area contributed by atoms with E-state index in [9.17, 15) is 19.1 Å². The normalized spacial score (nSPS) is 26.5. The first kappa shape index (κ1) is 18.5. The highest BCUT2D eigenvalue weighted by molar-refractivity contribution is 5.06. The van der Waals surface area contributed by atoms with Gasteiger partial charge < -0.3 is 20.3 Å². The number of halogens is 1. The number of hydrogen-bond donors (Lipinski definition) is 4. The highest BCUT2D eigenvalue weighted by Crippen LogP contribution is 2.30. The smallest absolute Gasteiger partial charge is 0.330 e. The third kappa shape index (κ3) is 3.99. The zero-order valence-electron chi connectivity index (χ0n) is 13.5. The average molecular weight is 343 g/mol. The van der Waals surface area contributed by atoms with Gasteiger partial charge in [0.2, 0.25) is 0 Å². The first-order valence-corrected chi connectivity index (χ1v) is 7.62. The van der Waals surface area contributed by atoms with Gasteiger partial charge in [0.05, 0.1) is 6.61 Å². The summed E-state index contributed by atoms with van der Waals surface area (Å²) in [6.07, 6.45) is -2.82. The van der Waals surface area contributed by atoms with Gasteiger partial charge in [-0.15, -0.1) is 0 Å². The zero-order valence-corrected chi connectivity index (χ0v) is 13.5. The van der Waals surface area contributed by atoms with Crippen LogP contribution >= 0.6 is 0 Å². The molecule has 1 aliphatic rings. The number of aliphatic hydroxyl groups excluding tert-OH is 2. The summed E-state index contributed by atoms with van der Waals surface area (Å²) in [4.78, 5) is 25.9. The molecule has 1 fully saturated rings. The number of nitrogens with zero attached hydrogens (tertiary/aromatic N) is 1. The second-order valence-corrected chi connectivity index (χ2v) is 5.92. The Bertz CT molecular complexity index is 710.